The largest absolute Gasteiger partial charge is 0.378 e. The molecule has 140 valence electrons. The summed E-state index contributed by atoms with van der Waals surface area (Å²) in [5.41, 5.74) is 1.72. The molecule has 2 amide bonds. The zero-order valence-corrected chi connectivity index (χ0v) is 15.7. The summed E-state index contributed by atoms with van der Waals surface area (Å²) in [6.45, 7) is 6.53. The molecule has 2 rings (SSSR count). The SMILES string of the molecule is CC(C)CC(=O)Nc1cccc(CNC(=O)CC2COCCN2)c1.Cl. The molecule has 1 fully saturated rings. The molecule has 1 aromatic rings. The molecule has 1 aromatic carbocycles. The molecule has 0 aliphatic carbocycles. The van der Waals surface area contributed by atoms with Gasteiger partial charge in [0.15, 0.2) is 0 Å². The molecule has 1 aliphatic heterocycles. The van der Waals surface area contributed by atoms with Crippen molar-refractivity contribution in [1.82, 2.24) is 10.6 Å². The molecule has 3 N–H and O–H groups in total. The van der Waals surface area contributed by atoms with Crippen LogP contribution >= 0.6 is 12.4 Å². The van der Waals surface area contributed by atoms with Crippen molar-refractivity contribution in [2.75, 3.05) is 25.1 Å². The van der Waals surface area contributed by atoms with Crippen LogP contribution in [0, 0.1) is 5.92 Å². The minimum absolute atomic E-state index is 0. The number of carbonyl (C=O) groups excluding carboxylic acids is 2. The quantitative estimate of drug-likeness (QED) is 0.687. The van der Waals surface area contributed by atoms with Crippen LogP contribution in [0.4, 0.5) is 5.69 Å². The average molecular weight is 370 g/mol. The fourth-order valence-electron chi connectivity index (χ4n) is 2.59. The van der Waals surface area contributed by atoms with E-state index < -0.39 is 0 Å². The smallest absolute Gasteiger partial charge is 0.224 e. The highest BCUT2D eigenvalue weighted by molar-refractivity contribution is 5.90. The lowest BCUT2D eigenvalue weighted by Gasteiger charge is -2.23. The van der Waals surface area contributed by atoms with Crippen molar-refractivity contribution in [2.45, 2.75) is 39.3 Å². The normalized spacial score (nSPS) is 16.8. The van der Waals surface area contributed by atoms with E-state index in [4.69, 9.17) is 4.74 Å². The van der Waals surface area contributed by atoms with E-state index in [1.807, 2.05) is 38.1 Å². The van der Waals surface area contributed by atoms with Crippen molar-refractivity contribution >= 4 is 29.9 Å². The van der Waals surface area contributed by atoms with E-state index in [1.165, 1.54) is 0 Å². The number of rotatable bonds is 7. The van der Waals surface area contributed by atoms with Crippen LogP contribution in [-0.4, -0.2) is 37.6 Å². The van der Waals surface area contributed by atoms with Gasteiger partial charge in [0.25, 0.3) is 0 Å². The third kappa shape index (κ3) is 8.34. The van der Waals surface area contributed by atoms with Crippen molar-refractivity contribution in [3.8, 4) is 0 Å². The van der Waals surface area contributed by atoms with E-state index in [0.29, 0.717) is 38.5 Å². The summed E-state index contributed by atoms with van der Waals surface area (Å²) in [5.74, 6) is 0.326. The lowest BCUT2D eigenvalue weighted by Crippen LogP contribution is -2.44. The Hall–Kier alpha value is -1.63. The van der Waals surface area contributed by atoms with Gasteiger partial charge in [-0.05, 0) is 23.6 Å². The van der Waals surface area contributed by atoms with Gasteiger partial charge in [-0.2, -0.15) is 0 Å². The highest BCUT2D eigenvalue weighted by atomic mass is 35.5. The lowest BCUT2D eigenvalue weighted by molar-refractivity contribution is -0.122. The average Bonchev–Trinajstić information content (AvgIpc) is 2.53. The van der Waals surface area contributed by atoms with Gasteiger partial charge in [0.2, 0.25) is 11.8 Å². The first-order chi connectivity index (χ1) is 11.5. The second-order valence-electron chi connectivity index (χ2n) is 6.55. The van der Waals surface area contributed by atoms with Crippen LogP contribution in [0.25, 0.3) is 0 Å². The van der Waals surface area contributed by atoms with Gasteiger partial charge in [-0.15, -0.1) is 12.4 Å². The van der Waals surface area contributed by atoms with Crippen molar-refractivity contribution in [1.29, 1.82) is 0 Å². The number of ether oxygens (including phenoxy) is 1. The van der Waals surface area contributed by atoms with Gasteiger partial charge in [-0.3, -0.25) is 9.59 Å². The van der Waals surface area contributed by atoms with Crippen molar-refractivity contribution in [2.24, 2.45) is 5.92 Å². The molecule has 0 bridgehead atoms. The monoisotopic (exact) mass is 369 g/mol. The molecule has 1 saturated heterocycles. The highest BCUT2D eigenvalue weighted by Gasteiger charge is 2.16. The van der Waals surface area contributed by atoms with Gasteiger partial charge in [0.1, 0.15) is 0 Å². The maximum atomic E-state index is 12.0. The van der Waals surface area contributed by atoms with Crippen molar-refractivity contribution in [3.63, 3.8) is 0 Å². The van der Waals surface area contributed by atoms with Crippen LogP contribution in [-0.2, 0) is 20.9 Å². The molecule has 6 nitrogen and oxygen atoms in total. The molecule has 1 heterocycles. The second kappa shape index (κ2) is 11.1. The Bertz CT molecular complexity index is 560. The molecule has 25 heavy (non-hydrogen) atoms. The molecule has 0 spiro atoms. The molecule has 1 aliphatic rings. The van der Waals surface area contributed by atoms with Gasteiger partial charge >= 0.3 is 0 Å². The van der Waals surface area contributed by atoms with Gasteiger partial charge in [0.05, 0.1) is 13.2 Å². The number of carbonyl (C=O) groups is 2. The number of hydrogen-bond acceptors (Lipinski definition) is 4. The van der Waals surface area contributed by atoms with Crippen LogP contribution in [0.5, 0.6) is 0 Å². The summed E-state index contributed by atoms with van der Waals surface area (Å²) in [6, 6.07) is 7.64. The Kier molecular flexibility index (Phi) is 9.49. The predicted octanol–water partition coefficient (Wildman–Crippen LogP) is 2.09. The zero-order valence-electron chi connectivity index (χ0n) is 14.8. The molecule has 0 aromatic heterocycles. The van der Waals surface area contributed by atoms with Crippen LogP contribution in [0.3, 0.4) is 0 Å². The second-order valence-corrected chi connectivity index (χ2v) is 6.55. The van der Waals surface area contributed by atoms with E-state index in [0.717, 1.165) is 17.8 Å². The standard InChI is InChI=1S/C18H27N3O3.ClH/c1-13(2)8-18(23)21-15-5-3-4-14(9-15)11-20-17(22)10-16-12-24-7-6-19-16;/h3-5,9,13,16,19H,6-8,10-12H2,1-2H3,(H,20,22)(H,21,23);1H. The Balaban J connectivity index is 0.00000312. The van der Waals surface area contributed by atoms with Crippen LogP contribution in [0.1, 0.15) is 32.3 Å². The van der Waals surface area contributed by atoms with E-state index >= 15 is 0 Å². The van der Waals surface area contributed by atoms with Crippen molar-refractivity contribution in [3.05, 3.63) is 29.8 Å². The number of hydrogen-bond donors (Lipinski definition) is 3. The van der Waals surface area contributed by atoms with E-state index in [1.54, 1.807) is 0 Å². The Morgan fingerprint density at radius 1 is 1.32 bits per heavy atom. The number of amides is 2. The fourth-order valence-corrected chi connectivity index (χ4v) is 2.59. The van der Waals surface area contributed by atoms with Gasteiger partial charge < -0.3 is 20.7 Å². The molecule has 7 heteroatoms. The lowest BCUT2D eigenvalue weighted by atomic mass is 10.1. The molecule has 0 radical (unpaired) electrons. The van der Waals surface area contributed by atoms with Crippen LogP contribution in [0.15, 0.2) is 24.3 Å². The topological polar surface area (TPSA) is 79.5 Å². The molecular formula is C18H28ClN3O3. The first-order valence-corrected chi connectivity index (χ1v) is 8.49. The van der Waals surface area contributed by atoms with E-state index in [9.17, 15) is 9.59 Å². The maximum absolute atomic E-state index is 12.0. The van der Waals surface area contributed by atoms with Crippen LogP contribution < -0.4 is 16.0 Å². The molecule has 0 saturated carbocycles. The summed E-state index contributed by atoms with van der Waals surface area (Å²) in [7, 11) is 0. The van der Waals surface area contributed by atoms with Gasteiger partial charge in [0, 0.05) is 37.7 Å². The first-order valence-electron chi connectivity index (χ1n) is 8.49. The molecule has 1 atom stereocenters. The summed E-state index contributed by atoms with van der Waals surface area (Å²) < 4.78 is 5.34. The third-order valence-corrected chi connectivity index (χ3v) is 3.72. The minimum Gasteiger partial charge on any atom is -0.378 e. The number of morpholine rings is 1. The summed E-state index contributed by atoms with van der Waals surface area (Å²) in [5, 5.41) is 9.06. The number of halogens is 1. The summed E-state index contributed by atoms with van der Waals surface area (Å²) in [4.78, 5) is 23.8. The van der Waals surface area contributed by atoms with Crippen molar-refractivity contribution < 1.29 is 14.3 Å². The molecular weight excluding hydrogens is 342 g/mol. The van der Waals surface area contributed by atoms with Gasteiger partial charge in [-0.1, -0.05) is 26.0 Å². The summed E-state index contributed by atoms with van der Waals surface area (Å²) >= 11 is 0. The predicted molar refractivity (Wildman–Crippen MR) is 101 cm³/mol. The maximum Gasteiger partial charge on any atom is 0.224 e. The third-order valence-electron chi connectivity index (χ3n) is 3.72. The highest BCUT2D eigenvalue weighted by Crippen LogP contribution is 2.12. The van der Waals surface area contributed by atoms with E-state index in [2.05, 4.69) is 16.0 Å². The number of anilines is 1. The first kappa shape index (κ1) is 21.4. The number of benzene rings is 1. The Morgan fingerprint density at radius 2 is 2.12 bits per heavy atom. The van der Waals surface area contributed by atoms with Gasteiger partial charge in [-0.25, -0.2) is 0 Å². The Morgan fingerprint density at radius 3 is 2.80 bits per heavy atom. The van der Waals surface area contributed by atoms with Crippen LogP contribution in [0.2, 0.25) is 0 Å². The minimum atomic E-state index is -0.00718. The van der Waals surface area contributed by atoms with E-state index in [-0.39, 0.29) is 30.3 Å². The molecule has 1 unspecified atom stereocenters. The Labute approximate surface area is 155 Å². The summed E-state index contributed by atoms with van der Waals surface area (Å²) in [6.07, 6.45) is 0.905. The number of nitrogens with one attached hydrogen (secondary N) is 3. The fraction of sp³-hybridized carbons (Fsp3) is 0.556. The zero-order chi connectivity index (χ0) is 17.4.